The second-order valence-corrected chi connectivity index (χ2v) is 9.27. The molecular formula is C21H28N2O4S. The molecule has 0 aliphatic rings. The van der Waals surface area contributed by atoms with Crippen molar-refractivity contribution < 1.29 is 17.9 Å². The van der Waals surface area contributed by atoms with Crippen LogP contribution in [0.15, 0.2) is 53.4 Å². The SMILES string of the molecule is CCCNS(=O)(=O)c1ccc(NC(=O)COc2ccccc2C(C)(C)C)cc1. The Hall–Kier alpha value is -2.38. The molecule has 6 nitrogen and oxygen atoms in total. The third kappa shape index (κ3) is 6.07. The van der Waals surface area contributed by atoms with Gasteiger partial charge in [0.05, 0.1) is 4.90 Å². The van der Waals surface area contributed by atoms with Crippen LogP contribution in [0.2, 0.25) is 0 Å². The summed E-state index contributed by atoms with van der Waals surface area (Å²) in [5.41, 5.74) is 1.43. The van der Waals surface area contributed by atoms with Gasteiger partial charge < -0.3 is 10.1 Å². The summed E-state index contributed by atoms with van der Waals surface area (Å²) in [6, 6.07) is 13.7. The molecule has 0 atom stereocenters. The molecule has 0 radical (unpaired) electrons. The lowest BCUT2D eigenvalue weighted by Crippen LogP contribution is -2.24. The lowest BCUT2D eigenvalue weighted by molar-refractivity contribution is -0.118. The van der Waals surface area contributed by atoms with E-state index in [9.17, 15) is 13.2 Å². The normalized spacial score (nSPS) is 11.9. The molecule has 2 aromatic rings. The third-order valence-electron chi connectivity index (χ3n) is 4.04. The van der Waals surface area contributed by atoms with E-state index in [0.717, 1.165) is 5.56 Å². The number of sulfonamides is 1. The van der Waals surface area contributed by atoms with Crippen molar-refractivity contribution in [1.82, 2.24) is 4.72 Å². The zero-order chi connectivity index (χ0) is 20.8. The topological polar surface area (TPSA) is 84.5 Å². The highest BCUT2D eigenvalue weighted by Crippen LogP contribution is 2.30. The molecule has 2 aromatic carbocycles. The molecule has 2 N–H and O–H groups in total. The van der Waals surface area contributed by atoms with Crippen molar-refractivity contribution in [2.24, 2.45) is 0 Å². The predicted molar refractivity (Wildman–Crippen MR) is 111 cm³/mol. The van der Waals surface area contributed by atoms with Crippen molar-refractivity contribution in [3.05, 3.63) is 54.1 Å². The van der Waals surface area contributed by atoms with E-state index in [0.29, 0.717) is 24.4 Å². The molecule has 152 valence electrons. The van der Waals surface area contributed by atoms with Gasteiger partial charge in [-0.05, 0) is 47.7 Å². The molecule has 0 heterocycles. The number of hydrogen-bond acceptors (Lipinski definition) is 4. The van der Waals surface area contributed by atoms with Gasteiger partial charge in [0.1, 0.15) is 5.75 Å². The van der Waals surface area contributed by atoms with Crippen LogP contribution in [0.4, 0.5) is 5.69 Å². The fraction of sp³-hybridized carbons (Fsp3) is 0.381. The van der Waals surface area contributed by atoms with Gasteiger partial charge in [-0.25, -0.2) is 13.1 Å². The van der Waals surface area contributed by atoms with Gasteiger partial charge in [-0.15, -0.1) is 0 Å². The minimum atomic E-state index is -3.52. The number of nitrogens with one attached hydrogen (secondary N) is 2. The number of para-hydroxylation sites is 1. The van der Waals surface area contributed by atoms with Crippen LogP contribution in [0, 0.1) is 0 Å². The summed E-state index contributed by atoms with van der Waals surface area (Å²) in [5, 5.41) is 2.71. The molecule has 0 aliphatic carbocycles. The summed E-state index contributed by atoms with van der Waals surface area (Å²) in [4.78, 5) is 12.4. The molecule has 0 fully saturated rings. The van der Waals surface area contributed by atoms with Crippen molar-refractivity contribution in [3.63, 3.8) is 0 Å². The first-order valence-electron chi connectivity index (χ1n) is 9.25. The second-order valence-electron chi connectivity index (χ2n) is 7.51. The van der Waals surface area contributed by atoms with E-state index in [4.69, 9.17) is 4.74 Å². The lowest BCUT2D eigenvalue weighted by Gasteiger charge is -2.22. The van der Waals surface area contributed by atoms with Gasteiger partial charge in [0, 0.05) is 12.2 Å². The largest absolute Gasteiger partial charge is 0.483 e. The Kier molecular flexibility index (Phi) is 7.21. The quantitative estimate of drug-likeness (QED) is 0.703. The van der Waals surface area contributed by atoms with E-state index in [1.807, 2.05) is 31.2 Å². The minimum Gasteiger partial charge on any atom is -0.483 e. The first-order valence-corrected chi connectivity index (χ1v) is 10.7. The van der Waals surface area contributed by atoms with Crippen LogP contribution in [0.3, 0.4) is 0 Å². The van der Waals surface area contributed by atoms with Gasteiger partial charge in [0.25, 0.3) is 5.91 Å². The number of benzene rings is 2. The van der Waals surface area contributed by atoms with Gasteiger partial charge in [0.2, 0.25) is 10.0 Å². The molecule has 0 aliphatic heterocycles. The maximum atomic E-state index is 12.2. The summed E-state index contributed by atoms with van der Waals surface area (Å²) < 4.78 is 32.4. The number of carbonyl (C=O) groups excluding carboxylic acids is 1. The van der Waals surface area contributed by atoms with E-state index < -0.39 is 10.0 Å². The summed E-state index contributed by atoms with van der Waals surface area (Å²) in [6.45, 7) is 8.39. The van der Waals surface area contributed by atoms with Crippen LogP contribution >= 0.6 is 0 Å². The fourth-order valence-electron chi connectivity index (χ4n) is 2.59. The van der Waals surface area contributed by atoms with Crippen LogP contribution in [0.5, 0.6) is 5.75 Å². The Morgan fingerprint density at radius 2 is 1.68 bits per heavy atom. The molecular weight excluding hydrogens is 376 g/mol. The van der Waals surface area contributed by atoms with Crippen molar-refractivity contribution in [2.75, 3.05) is 18.5 Å². The maximum Gasteiger partial charge on any atom is 0.262 e. The standard InChI is InChI=1S/C21H28N2O4S/c1-5-14-22-28(25,26)17-12-10-16(11-13-17)23-20(24)15-27-19-9-7-6-8-18(19)21(2,3)4/h6-13,22H,5,14-15H2,1-4H3,(H,23,24). The monoisotopic (exact) mass is 404 g/mol. The lowest BCUT2D eigenvalue weighted by atomic mass is 9.86. The number of carbonyl (C=O) groups is 1. The van der Waals surface area contributed by atoms with Gasteiger partial charge >= 0.3 is 0 Å². The summed E-state index contributed by atoms with van der Waals surface area (Å²) in [5.74, 6) is 0.358. The number of anilines is 1. The second kappa shape index (κ2) is 9.21. The Labute approximate surface area is 167 Å². The molecule has 0 aromatic heterocycles. The van der Waals surface area contributed by atoms with Crippen LogP contribution in [0.1, 0.15) is 39.7 Å². The van der Waals surface area contributed by atoms with Crippen molar-refractivity contribution >= 4 is 21.6 Å². The maximum absolute atomic E-state index is 12.2. The van der Waals surface area contributed by atoms with Crippen molar-refractivity contribution in [1.29, 1.82) is 0 Å². The van der Waals surface area contributed by atoms with Gasteiger partial charge in [-0.2, -0.15) is 0 Å². The van der Waals surface area contributed by atoms with E-state index in [2.05, 4.69) is 30.8 Å². The number of ether oxygens (including phenoxy) is 1. The number of hydrogen-bond donors (Lipinski definition) is 2. The Balaban J connectivity index is 1.98. The highest BCUT2D eigenvalue weighted by atomic mass is 32.2. The average Bonchev–Trinajstić information content (AvgIpc) is 2.65. The number of rotatable bonds is 8. The van der Waals surface area contributed by atoms with E-state index >= 15 is 0 Å². The summed E-state index contributed by atoms with van der Waals surface area (Å²) in [7, 11) is -3.52. The van der Waals surface area contributed by atoms with Crippen molar-refractivity contribution in [2.45, 2.75) is 44.4 Å². The van der Waals surface area contributed by atoms with Crippen molar-refractivity contribution in [3.8, 4) is 5.75 Å². The summed E-state index contributed by atoms with van der Waals surface area (Å²) >= 11 is 0. The first kappa shape index (κ1) is 21.9. The van der Waals surface area contributed by atoms with Gasteiger partial charge in [-0.1, -0.05) is 45.9 Å². The Morgan fingerprint density at radius 3 is 2.29 bits per heavy atom. The predicted octanol–water partition coefficient (Wildman–Crippen LogP) is 3.69. The molecule has 28 heavy (non-hydrogen) atoms. The van der Waals surface area contributed by atoms with Crippen LogP contribution in [0.25, 0.3) is 0 Å². The highest BCUT2D eigenvalue weighted by Gasteiger charge is 2.19. The molecule has 0 spiro atoms. The average molecular weight is 405 g/mol. The van der Waals surface area contributed by atoms with Gasteiger partial charge in [-0.3, -0.25) is 4.79 Å². The highest BCUT2D eigenvalue weighted by molar-refractivity contribution is 7.89. The summed E-state index contributed by atoms with van der Waals surface area (Å²) in [6.07, 6.45) is 0.714. The molecule has 1 amide bonds. The van der Waals surface area contributed by atoms with Crippen LogP contribution in [-0.2, 0) is 20.2 Å². The zero-order valence-electron chi connectivity index (χ0n) is 16.8. The molecule has 7 heteroatoms. The molecule has 2 rings (SSSR count). The molecule has 0 unspecified atom stereocenters. The fourth-order valence-corrected chi connectivity index (χ4v) is 3.72. The molecule has 0 saturated heterocycles. The first-order chi connectivity index (χ1) is 13.1. The van der Waals surface area contributed by atoms with E-state index in [1.54, 1.807) is 12.1 Å². The molecule has 0 bridgehead atoms. The Bertz CT molecular complexity index is 901. The number of amides is 1. The van der Waals surface area contributed by atoms with Gasteiger partial charge in [0.15, 0.2) is 6.61 Å². The van der Waals surface area contributed by atoms with Crippen LogP contribution in [-0.4, -0.2) is 27.5 Å². The molecule has 0 saturated carbocycles. The van der Waals surface area contributed by atoms with Crippen LogP contribution < -0.4 is 14.8 Å². The van der Waals surface area contributed by atoms with E-state index in [1.165, 1.54) is 12.1 Å². The zero-order valence-corrected chi connectivity index (χ0v) is 17.6. The Morgan fingerprint density at radius 1 is 1.04 bits per heavy atom. The smallest absolute Gasteiger partial charge is 0.262 e. The van der Waals surface area contributed by atoms with E-state index in [-0.39, 0.29) is 22.8 Å². The third-order valence-corrected chi connectivity index (χ3v) is 5.52. The minimum absolute atomic E-state index is 0.0970.